The first-order valence-electron chi connectivity index (χ1n) is 4.95. The first-order valence-corrected chi connectivity index (χ1v) is 4.95. The van der Waals surface area contributed by atoms with E-state index in [1.54, 1.807) is 0 Å². The number of hydrogen-bond donors (Lipinski definition) is 0. The van der Waals surface area contributed by atoms with Crippen LogP contribution in [0.15, 0.2) is 17.3 Å². The fraction of sp³-hybridized carbons (Fsp3) is 0.700. The molecule has 1 aliphatic heterocycles. The molecule has 3 nitrogen and oxygen atoms in total. The highest BCUT2D eigenvalue weighted by molar-refractivity contribution is 5.70. The molecular formula is C10H18N2O. The van der Waals surface area contributed by atoms with Crippen molar-refractivity contribution in [2.75, 3.05) is 26.3 Å². The van der Waals surface area contributed by atoms with Crippen LogP contribution in [0.4, 0.5) is 0 Å². The van der Waals surface area contributed by atoms with Gasteiger partial charge in [-0.25, -0.2) is 0 Å². The van der Waals surface area contributed by atoms with Crippen LogP contribution in [-0.4, -0.2) is 37.5 Å². The summed E-state index contributed by atoms with van der Waals surface area (Å²) in [4.78, 5) is 0. The lowest BCUT2D eigenvalue weighted by Gasteiger charge is -2.23. The largest absolute Gasteiger partial charge is 0.378 e. The molecule has 13 heavy (non-hydrogen) atoms. The van der Waals surface area contributed by atoms with Crippen molar-refractivity contribution in [1.82, 2.24) is 5.01 Å². The molecule has 0 aromatic rings. The Labute approximate surface area is 80.1 Å². The minimum absolute atomic E-state index is 0.802. The summed E-state index contributed by atoms with van der Waals surface area (Å²) in [5.74, 6) is 0. The van der Waals surface area contributed by atoms with Gasteiger partial charge in [0.15, 0.2) is 0 Å². The van der Waals surface area contributed by atoms with Crippen molar-refractivity contribution < 1.29 is 4.74 Å². The molecule has 0 aromatic carbocycles. The maximum atomic E-state index is 5.21. The normalized spacial score (nSPS) is 19.0. The summed E-state index contributed by atoms with van der Waals surface area (Å²) in [5, 5.41) is 6.34. The Bertz CT molecular complexity index is 172. The van der Waals surface area contributed by atoms with Gasteiger partial charge in [-0.1, -0.05) is 19.4 Å². The third-order valence-corrected chi connectivity index (χ3v) is 1.89. The Morgan fingerprint density at radius 3 is 2.85 bits per heavy atom. The summed E-state index contributed by atoms with van der Waals surface area (Å²) >= 11 is 0. The molecule has 1 rings (SSSR count). The predicted molar refractivity (Wildman–Crippen MR) is 54.9 cm³/mol. The zero-order chi connectivity index (χ0) is 9.36. The Kier molecular flexibility index (Phi) is 5.25. The zero-order valence-electron chi connectivity index (χ0n) is 8.28. The highest BCUT2D eigenvalue weighted by atomic mass is 16.5. The number of unbranched alkanes of at least 4 members (excludes halogenated alkanes) is 1. The molecule has 1 aliphatic rings. The van der Waals surface area contributed by atoms with Gasteiger partial charge in [-0.3, -0.25) is 5.01 Å². The van der Waals surface area contributed by atoms with Crippen molar-refractivity contribution in [3.8, 4) is 0 Å². The molecule has 0 radical (unpaired) electrons. The molecule has 1 saturated heterocycles. The second-order valence-electron chi connectivity index (χ2n) is 3.05. The van der Waals surface area contributed by atoms with E-state index < -0.39 is 0 Å². The number of hydrogen-bond acceptors (Lipinski definition) is 3. The third-order valence-electron chi connectivity index (χ3n) is 1.89. The molecular weight excluding hydrogens is 164 g/mol. The van der Waals surface area contributed by atoms with Gasteiger partial charge in [0, 0.05) is 6.21 Å². The second-order valence-corrected chi connectivity index (χ2v) is 3.05. The summed E-state index contributed by atoms with van der Waals surface area (Å²) in [7, 11) is 0. The third kappa shape index (κ3) is 4.68. The van der Waals surface area contributed by atoms with Gasteiger partial charge >= 0.3 is 0 Å². The number of rotatable bonds is 4. The number of morpholine rings is 1. The highest BCUT2D eigenvalue weighted by Gasteiger charge is 2.05. The summed E-state index contributed by atoms with van der Waals surface area (Å²) in [6.07, 6.45) is 8.35. The lowest BCUT2D eigenvalue weighted by atomic mass is 10.3. The van der Waals surface area contributed by atoms with E-state index in [0.717, 1.165) is 32.7 Å². The smallest absolute Gasteiger partial charge is 0.0659 e. The van der Waals surface area contributed by atoms with E-state index in [1.807, 2.05) is 17.3 Å². The van der Waals surface area contributed by atoms with Crippen LogP contribution in [0.3, 0.4) is 0 Å². The van der Waals surface area contributed by atoms with Crippen LogP contribution in [0.25, 0.3) is 0 Å². The number of nitrogens with zero attached hydrogens (tertiary/aromatic N) is 2. The number of ether oxygens (including phenoxy) is 1. The fourth-order valence-electron chi connectivity index (χ4n) is 1.13. The van der Waals surface area contributed by atoms with Gasteiger partial charge in [0.05, 0.1) is 26.3 Å². The van der Waals surface area contributed by atoms with E-state index in [0.29, 0.717) is 0 Å². The van der Waals surface area contributed by atoms with Crippen LogP contribution >= 0.6 is 0 Å². The van der Waals surface area contributed by atoms with Crippen molar-refractivity contribution in [2.24, 2.45) is 5.10 Å². The molecule has 1 heterocycles. The van der Waals surface area contributed by atoms with Crippen LogP contribution in [0, 0.1) is 0 Å². The molecule has 74 valence electrons. The Balaban J connectivity index is 2.14. The molecule has 0 bridgehead atoms. The average molecular weight is 182 g/mol. The van der Waals surface area contributed by atoms with Gasteiger partial charge in [-0.2, -0.15) is 5.10 Å². The van der Waals surface area contributed by atoms with Crippen molar-refractivity contribution in [2.45, 2.75) is 19.8 Å². The van der Waals surface area contributed by atoms with Crippen LogP contribution in [0.1, 0.15) is 19.8 Å². The second kappa shape index (κ2) is 6.66. The van der Waals surface area contributed by atoms with Gasteiger partial charge in [0.25, 0.3) is 0 Å². The monoisotopic (exact) mass is 182 g/mol. The summed E-state index contributed by atoms with van der Waals surface area (Å²) < 4.78 is 5.21. The Morgan fingerprint density at radius 2 is 2.15 bits per heavy atom. The molecule has 0 N–H and O–H groups in total. The molecule has 0 aliphatic carbocycles. The highest BCUT2D eigenvalue weighted by Crippen LogP contribution is 1.96. The average Bonchev–Trinajstić information content (AvgIpc) is 2.19. The van der Waals surface area contributed by atoms with E-state index in [4.69, 9.17) is 4.74 Å². The standard InChI is InChI=1S/C10H18N2O/c1-2-3-4-5-6-11-12-7-9-13-10-8-12/h4-6H,2-3,7-10H2,1H3/b5-4+,11-6+. The maximum absolute atomic E-state index is 5.21. The van der Waals surface area contributed by atoms with E-state index in [-0.39, 0.29) is 0 Å². The summed E-state index contributed by atoms with van der Waals surface area (Å²) in [6, 6.07) is 0. The van der Waals surface area contributed by atoms with E-state index >= 15 is 0 Å². The van der Waals surface area contributed by atoms with Crippen molar-refractivity contribution >= 4 is 6.21 Å². The maximum Gasteiger partial charge on any atom is 0.0659 e. The van der Waals surface area contributed by atoms with E-state index in [1.165, 1.54) is 6.42 Å². The molecule has 0 amide bonds. The topological polar surface area (TPSA) is 24.8 Å². The summed E-state index contributed by atoms with van der Waals surface area (Å²) in [5.41, 5.74) is 0. The molecule has 0 spiro atoms. The fourth-order valence-corrected chi connectivity index (χ4v) is 1.13. The first kappa shape index (κ1) is 10.3. The van der Waals surface area contributed by atoms with Crippen LogP contribution in [-0.2, 0) is 4.74 Å². The predicted octanol–water partition coefficient (Wildman–Crippen LogP) is 1.66. The van der Waals surface area contributed by atoms with Crippen molar-refractivity contribution in [3.63, 3.8) is 0 Å². The van der Waals surface area contributed by atoms with Crippen LogP contribution < -0.4 is 0 Å². The zero-order valence-corrected chi connectivity index (χ0v) is 8.28. The first-order chi connectivity index (χ1) is 6.43. The van der Waals surface area contributed by atoms with Gasteiger partial charge in [0.2, 0.25) is 0 Å². The SMILES string of the molecule is CCC/C=C/C=N/N1CCOCC1. The van der Waals surface area contributed by atoms with Crippen molar-refractivity contribution in [3.05, 3.63) is 12.2 Å². The van der Waals surface area contributed by atoms with Gasteiger partial charge in [-0.05, 0) is 12.5 Å². The van der Waals surface area contributed by atoms with E-state index in [2.05, 4.69) is 18.1 Å². The molecule has 3 heteroatoms. The number of allylic oxidation sites excluding steroid dienone is 2. The van der Waals surface area contributed by atoms with Crippen LogP contribution in [0.5, 0.6) is 0 Å². The molecule has 0 unspecified atom stereocenters. The van der Waals surface area contributed by atoms with Crippen molar-refractivity contribution in [1.29, 1.82) is 0 Å². The Hall–Kier alpha value is -0.830. The van der Waals surface area contributed by atoms with Gasteiger partial charge in [0.1, 0.15) is 0 Å². The number of hydrazone groups is 1. The molecule has 0 atom stereocenters. The molecule has 0 aromatic heterocycles. The molecule has 0 saturated carbocycles. The van der Waals surface area contributed by atoms with Gasteiger partial charge < -0.3 is 4.74 Å². The molecule has 1 fully saturated rings. The van der Waals surface area contributed by atoms with E-state index in [9.17, 15) is 0 Å². The Morgan fingerprint density at radius 1 is 1.38 bits per heavy atom. The lowest BCUT2D eigenvalue weighted by Crippen LogP contribution is -2.32. The minimum Gasteiger partial charge on any atom is -0.378 e. The summed E-state index contributed by atoms with van der Waals surface area (Å²) in [6.45, 7) is 5.60. The van der Waals surface area contributed by atoms with Crippen LogP contribution in [0.2, 0.25) is 0 Å². The van der Waals surface area contributed by atoms with Gasteiger partial charge in [-0.15, -0.1) is 0 Å². The quantitative estimate of drug-likeness (QED) is 0.618. The minimum atomic E-state index is 0.802. The lowest BCUT2D eigenvalue weighted by molar-refractivity contribution is 0.0397.